The van der Waals surface area contributed by atoms with Crippen LogP contribution in [0.25, 0.3) is 0 Å². The fourth-order valence-corrected chi connectivity index (χ4v) is 3.34. The van der Waals surface area contributed by atoms with Crippen molar-refractivity contribution >= 4 is 39.3 Å². The van der Waals surface area contributed by atoms with Crippen LogP contribution in [0.2, 0.25) is 0 Å². The van der Waals surface area contributed by atoms with E-state index < -0.39 is 4.92 Å². The van der Waals surface area contributed by atoms with E-state index in [0.29, 0.717) is 0 Å². The molecule has 2 aromatic carbocycles. The van der Waals surface area contributed by atoms with Crippen molar-refractivity contribution in [1.82, 2.24) is 5.32 Å². The lowest BCUT2D eigenvalue weighted by atomic mass is 10.1. The number of carbonyl (C=O) groups is 1. The fraction of sp³-hybridized carbons (Fsp3) is 0.188. The molecule has 1 N–H and O–H groups in total. The molecule has 0 unspecified atom stereocenters. The lowest BCUT2D eigenvalue weighted by molar-refractivity contribution is -0.384. The van der Waals surface area contributed by atoms with E-state index in [1.165, 1.54) is 23.9 Å². The molecule has 0 bridgehead atoms. The number of carbonyl (C=O) groups excluding carboxylic acids is 1. The Morgan fingerprint density at radius 3 is 2.52 bits per heavy atom. The van der Waals surface area contributed by atoms with Gasteiger partial charge < -0.3 is 5.32 Å². The second-order valence-electron chi connectivity index (χ2n) is 4.85. The second kappa shape index (κ2) is 8.12. The van der Waals surface area contributed by atoms with Crippen LogP contribution in [0.5, 0.6) is 0 Å². The summed E-state index contributed by atoms with van der Waals surface area (Å²) in [4.78, 5) is 23.0. The number of rotatable bonds is 6. The van der Waals surface area contributed by atoms with Gasteiger partial charge in [0.1, 0.15) is 0 Å². The number of hydrogen-bond acceptors (Lipinski definition) is 4. The molecule has 2 rings (SSSR count). The standard InChI is InChI=1S/C16H15BrN2O3S/c1-11(14-4-2-3-5-15(14)17)18-16(20)10-23-13-8-6-12(7-9-13)19(21)22/h2-9,11H,10H2,1H3,(H,18,20)/t11-/m0/s1. The van der Waals surface area contributed by atoms with E-state index in [2.05, 4.69) is 21.2 Å². The van der Waals surface area contributed by atoms with Crippen LogP contribution in [-0.2, 0) is 4.79 Å². The maximum absolute atomic E-state index is 12.0. The van der Waals surface area contributed by atoms with Gasteiger partial charge in [-0.1, -0.05) is 34.1 Å². The molecule has 1 amide bonds. The summed E-state index contributed by atoms with van der Waals surface area (Å²) in [7, 11) is 0. The Morgan fingerprint density at radius 2 is 1.91 bits per heavy atom. The summed E-state index contributed by atoms with van der Waals surface area (Å²) in [6.07, 6.45) is 0. The quantitative estimate of drug-likeness (QED) is 0.449. The minimum atomic E-state index is -0.444. The Bertz CT molecular complexity index is 707. The van der Waals surface area contributed by atoms with Gasteiger partial charge in [-0.05, 0) is 30.7 Å². The highest BCUT2D eigenvalue weighted by molar-refractivity contribution is 9.10. The fourth-order valence-electron chi connectivity index (χ4n) is 2.00. The SMILES string of the molecule is C[C@H](NC(=O)CSc1ccc([N+](=O)[O-])cc1)c1ccccc1Br. The molecule has 120 valence electrons. The summed E-state index contributed by atoms with van der Waals surface area (Å²) >= 11 is 4.81. The van der Waals surface area contributed by atoms with Crippen molar-refractivity contribution in [2.24, 2.45) is 0 Å². The number of nitro groups is 1. The predicted octanol–water partition coefficient (Wildman–Crippen LogP) is 4.33. The first kappa shape index (κ1) is 17.5. The smallest absolute Gasteiger partial charge is 0.269 e. The number of nitro benzene ring substituents is 1. The molecule has 1 atom stereocenters. The number of non-ortho nitro benzene ring substituents is 1. The zero-order valence-corrected chi connectivity index (χ0v) is 14.8. The van der Waals surface area contributed by atoms with E-state index in [9.17, 15) is 14.9 Å². The first-order valence-corrected chi connectivity index (χ1v) is 8.66. The predicted molar refractivity (Wildman–Crippen MR) is 94.5 cm³/mol. The summed E-state index contributed by atoms with van der Waals surface area (Å²) in [6, 6.07) is 13.8. The highest BCUT2D eigenvalue weighted by atomic mass is 79.9. The van der Waals surface area contributed by atoms with Crippen LogP contribution in [0.4, 0.5) is 5.69 Å². The Hall–Kier alpha value is -1.86. The third-order valence-electron chi connectivity index (χ3n) is 3.17. The molecule has 0 saturated carbocycles. The van der Waals surface area contributed by atoms with Crippen LogP contribution in [0.15, 0.2) is 57.9 Å². The molecule has 23 heavy (non-hydrogen) atoms. The molecule has 2 aromatic rings. The lowest BCUT2D eigenvalue weighted by Crippen LogP contribution is -2.28. The normalized spacial score (nSPS) is 11.7. The summed E-state index contributed by atoms with van der Waals surface area (Å²) < 4.78 is 0.954. The number of hydrogen-bond donors (Lipinski definition) is 1. The number of nitrogens with zero attached hydrogens (tertiary/aromatic N) is 1. The van der Waals surface area contributed by atoms with E-state index in [1.807, 2.05) is 31.2 Å². The average Bonchev–Trinajstić information content (AvgIpc) is 2.53. The maximum Gasteiger partial charge on any atom is 0.269 e. The molecule has 0 saturated heterocycles. The number of thioether (sulfide) groups is 1. The molecule has 5 nitrogen and oxygen atoms in total. The van der Waals surface area contributed by atoms with E-state index >= 15 is 0 Å². The average molecular weight is 395 g/mol. The molecule has 0 heterocycles. The maximum atomic E-state index is 12.0. The molecule has 0 aromatic heterocycles. The van der Waals surface area contributed by atoms with E-state index in [-0.39, 0.29) is 23.4 Å². The van der Waals surface area contributed by atoms with Crippen molar-refractivity contribution in [1.29, 1.82) is 0 Å². The number of nitrogens with one attached hydrogen (secondary N) is 1. The van der Waals surface area contributed by atoms with Gasteiger partial charge in [0.05, 0.1) is 16.7 Å². The summed E-state index contributed by atoms with van der Waals surface area (Å²) in [5.41, 5.74) is 1.06. The van der Waals surface area contributed by atoms with Crippen LogP contribution in [-0.4, -0.2) is 16.6 Å². The molecular formula is C16H15BrN2O3S. The lowest BCUT2D eigenvalue weighted by Gasteiger charge is -2.15. The second-order valence-corrected chi connectivity index (χ2v) is 6.75. The number of amides is 1. The van der Waals surface area contributed by atoms with E-state index in [1.54, 1.807) is 12.1 Å². The van der Waals surface area contributed by atoms with Crippen molar-refractivity contribution in [2.75, 3.05) is 5.75 Å². The van der Waals surface area contributed by atoms with Gasteiger partial charge in [0.2, 0.25) is 5.91 Å². The van der Waals surface area contributed by atoms with E-state index in [0.717, 1.165) is 14.9 Å². The Labute approximate surface area is 146 Å². The molecule has 0 aliphatic carbocycles. The van der Waals surface area contributed by atoms with Crippen molar-refractivity contribution in [3.05, 3.63) is 68.7 Å². The Morgan fingerprint density at radius 1 is 1.26 bits per heavy atom. The van der Waals surface area contributed by atoms with Gasteiger partial charge in [-0.15, -0.1) is 11.8 Å². The monoisotopic (exact) mass is 394 g/mol. The zero-order valence-electron chi connectivity index (χ0n) is 12.4. The summed E-state index contributed by atoms with van der Waals surface area (Å²) in [5.74, 6) is 0.170. The largest absolute Gasteiger partial charge is 0.349 e. The summed E-state index contributed by atoms with van der Waals surface area (Å²) in [6.45, 7) is 1.93. The highest BCUT2D eigenvalue weighted by Crippen LogP contribution is 2.24. The van der Waals surface area contributed by atoms with Crippen molar-refractivity contribution in [3.63, 3.8) is 0 Å². The topological polar surface area (TPSA) is 72.2 Å². The van der Waals surface area contributed by atoms with Gasteiger partial charge in [-0.25, -0.2) is 0 Å². The Balaban J connectivity index is 1.87. The van der Waals surface area contributed by atoms with Crippen LogP contribution in [0, 0.1) is 10.1 Å². The van der Waals surface area contributed by atoms with E-state index in [4.69, 9.17) is 0 Å². The molecule has 7 heteroatoms. The van der Waals surface area contributed by atoms with Gasteiger partial charge in [-0.3, -0.25) is 14.9 Å². The van der Waals surface area contributed by atoms with Crippen molar-refractivity contribution in [3.8, 4) is 0 Å². The molecule has 0 fully saturated rings. The summed E-state index contributed by atoms with van der Waals surface area (Å²) in [5, 5.41) is 13.5. The molecule has 0 radical (unpaired) electrons. The van der Waals surface area contributed by atoms with Gasteiger partial charge in [0.25, 0.3) is 5.69 Å². The molecular weight excluding hydrogens is 380 g/mol. The van der Waals surface area contributed by atoms with Crippen LogP contribution in [0.3, 0.4) is 0 Å². The third kappa shape index (κ3) is 5.07. The van der Waals surface area contributed by atoms with Crippen LogP contribution >= 0.6 is 27.7 Å². The van der Waals surface area contributed by atoms with Crippen molar-refractivity contribution in [2.45, 2.75) is 17.9 Å². The third-order valence-corrected chi connectivity index (χ3v) is 4.90. The first-order chi connectivity index (χ1) is 11.0. The number of benzene rings is 2. The van der Waals surface area contributed by atoms with Gasteiger partial charge in [0.15, 0.2) is 0 Å². The molecule has 0 aliphatic rings. The minimum Gasteiger partial charge on any atom is -0.349 e. The van der Waals surface area contributed by atoms with Crippen LogP contribution in [0.1, 0.15) is 18.5 Å². The van der Waals surface area contributed by atoms with Crippen LogP contribution < -0.4 is 5.32 Å². The zero-order chi connectivity index (χ0) is 16.8. The van der Waals surface area contributed by atoms with Gasteiger partial charge >= 0.3 is 0 Å². The number of halogens is 1. The first-order valence-electron chi connectivity index (χ1n) is 6.88. The molecule has 0 aliphatic heterocycles. The van der Waals surface area contributed by atoms with Gasteiger partial charge in [0, 0.05) is 21.5 Å². The molecule has 0 spiro atoms. The van der Waals surface area contributed by atoms with Crippen molar-refractivity contribution < 1.29 is 9.72 Å². The highest BCUT2D eigenvalue weighted by Gasteiger charge is 2.12. The minimum absolute atomic E-state index is 0.0429. The Kier molecular flexibility index (Phi) is 6.18. The van der Waals surface area contributed by atoms with Gasteiger partial charge in [-0.2, -0.15) is 0 Å².